The molecule has 1 heterocycles. The third kappa shape index (κ3) is 3.51. The van der Waals surface area contributed by atoms with Crippen molar-refractivity contribution in [2.45, 2.75) is 32.0 Å². The molecule has 4 heteroatoms. The molecular weight excluding hydrogens is 252 g/mol. The quantitative estimate of drug-likeness (QED) is 0.894. The first kappa shape index (κ1) is 15.3. The van der Waals surface area contributed by atoms with Gasteiger partial charge in [-0.25, -0.2) is 0 Å². The van der Waals surface area contributed by atoms with Crippen LogP contribution in [0.5, 0.6) is 5.75 Å². The summed E-state index contributed by atoms with van der Waals surface area (Å²) in [6.07, 6.45) is 0.146. The molecule has 1 aromatic carbocycles. The van der Waals surface area contributed by atoms with E-state index in [-0.39, 0.29) is 12.1 Å². The molecule has 0 amide bonds. The van der Waals surface area contributed by atoms with E-state index in [0.29, 0.717) is 6.04 Å². The summed E-state index contributed by atoms with van der Waals surface area (Å²) >= 11 is 0. The molecule has 2 rings (SSSR count). The SMILES string of the molecule is COc1ccccc1C1C(CNC(C)C)OCCN1C. The van der Waals surface area contributed by atoms with Crippen LogP contribution in [0.3, 0.4) is 0 Å². The monoisotopic (exact) mass is 278 g/mol. The Morgan fingerprint density at radius 3 is 2.85 bits per heavy atom. The molecule has 20 heavy (non-hydrogen) atoms. The van der Waals surface area contributed by atoms with Crippen molar-refractivity contribution in [3.05, 3.63) is 29.8 Å². The third-order valence-electron chi connectivity index (χ3n) is 3.79. The highest BCUT2D eigenvalue weighted by atomic mass is 16.5. The lowest BCUT2D eigenvalue weighted by atomic mass is 9.97. The van der Waals surface area contributed by atoms with E-state index in [9.17, 15) is 0 Å². The topological polar surface area (TPSA) is 33.7 Å². The second-order valence-corrected chi connectivity index (χ2v) is 5.64. The Kier molecular flexibility index (Phi) is 5.40. The van der Waals surface area contributed by atoms with Crippen LogP contribution in [-0.4, -0.2) is 50.9 Å². The molecule has 0 spiro atoms. The third-order valence-corrected chi connectivity index (χ3v) is 3.79. The largest absolute Gasteiger partial charge is 0.496 e. The first-order valence-corrected chi connectivity index (χ1v) is 7.31. The maximum absolute atomic E-state index is 6.01. The van der Waals surface area contributed by atoms with E-state index in [2.05, 4.69) is 43.2 Å². The van der Waals surface area contributed by atoms with Gasteiger partial charge in [-0.2, -0.15) is 0 Å². The van der Waals surface area contributed by atoms with Gasteiger partial charge in [0, 0.05) is 24.7 Å². The van der Waals surface area contributed by atoms with Gasteiger partial charge < -0.3 is 14.8 Å². The average molecular weight is 278 g/mol. The van der Waals surface area contributed by atoms with Crippen LogP contribution >= 0.6 is 0 Å². The minimum atomic E-state index is 0.146. The van der Waals surface area contributed by atoms with E-state index in [4.69, 9.17) is 9.47 Å². The van der Waals surface area contributed by atoms with E-state index in [0.717, 1.165) is 25.4 Å². The van der Waals surface area contributed by atoms with Crippen molar-refractivity contribution in [3.63, 3.8) is 0 Å². The molecule has 1 saturated heterocycles. The highest BCUT2D eigenvalue weighted by molar-refractivity contribution is 5.37. The van der Waals surface area contributed by atoms with Crippen molar-refractivity contribution in [1.29, 1.82) is 0 Å². The lowest BCUT2D eigenvalue weighted by molar-refractivity contribution is -0.0625. The first-order valence-electron chi connectivity index (χ1n) is 7.31. The number of likely N-dealkylation sites (N-methyl/N-ethyl adjacent to an activating group) is 1. The molecule has 1 fully saturated rings. The molecule has 0 saturated carbocycles. The summed E-state index contributed by atoms with van der Waals surface area (Å²) in [4.78, 5) is 2.36. The number of nitrogens with zero attached hydrogens (tertiary/aromatic N) is 1. The van der Waals surface area contributed by atoms with Crippen LogP contribution in [0.15, 0.2) is 24.3 Å². The van der Waals surface area contributed by atoms with E-state index in [1.54, 1.807) is 7.11 Å². The molecule has 2 unspecified atom stereocenters. The van der Waals surface area contributed by atoms with Crippen molar-refractivity contribution in [1.82, 2.24) is 10.2 Å². The van der Waals surface area contributed by atoms with Crippen molar-refractivity contribution in [2.75, 3.05) is 33.9 Å². The van der Waals surface area contributed by atoms with Gasteiger partial charge in [0.15, 0.2) is 0 Å². The Morgan fingerprint density at radius 2 is 2.15 bits per heavy atom. The minimum Gasteiger partial charge on any atom is -0.496 e. The summed E-state index contributed by atoms with van der Waals surface area (Å²) in [6, 6.07) is 8.91. The number of ether oxygens (including phenoxy) is 2. The van der Waals surface area contributed by atoms with E-state index in [1.165, 1.54) is 5.56 Å². The summed E-state index contributed by atoms with van der Waals surface area (Å²) in [5.41, 5.74) is 1.20. The highest BCUT2D eigenvalue weighted by Crippen LogP contribution is 2.34. The molecule has 0 aromatic heterocycles. The number of morpholine rings is 1. The van der Waals surface area contributed by atoms with Gasteiger partial charge in [-0.05, 0) is 13.1 Å². The normalized spacial score (nSPS) is 24.1. The second-order valence-electron chi connectivity index (χ2n) is 5.64. The van der Waals surface area contributed by atoms with E-state index < -0.39 is 0 Å². The van der Waals surface area contributed by atoms with Crippen molar-refractivity contribution < 1.29 is 9.47 Å². The number of nitrogens with one attached hydrogen (secondary N) is 1. The van der Waals surface area contributed by atoms with Crippen LogP contribution in [-0.2, 0) is 4.74 Å². The Balaban J connectivity index is 2.22. The highest BCUT2D eigenvalue weighted by Gasteiger charge is 2.33. The summed E-state index contributed by atoms with van der Waals surface area (Å²) in [6.45, 7) is 6.90. The molecule has 0 aliphatic carbocycles. The first-order chi connectivity index (χ1) is 9.63. The molecule has 1 aromatic rings. The standard InChI is InChI=1S/C16H26N2O2/c1-12(2)17-11-15-16(18(3)9-10-20-15)13-7-5-6-8-14(13)19-4/h5-8,12,15-17H,9-11H2,1-4H3. The van der Waals surface area contributed by atoms with Gasteiger partial charge in [-0.15, -0.1) is 0 Å². The predicted molar refractivity (Wildman–Crippen MR) is 81.2 cm³/mol. The fourth-order valence-corrected chi connectivity index (χ4v) is 2.73. The molecule has 2 atom stereocenters. The molecule has 1 aliphatic rings. The van der Waals surface area contributed by atoms with Gasteiger partial charge in [0.05, 0.1) is 25.9 Å². The van der Waals surface area contributed by atoms with E-state index >= 15 is 0 Å². The van der Waals surface area contributed by atoms with Gasteiger partial charge in [-0.3, -0.25) is 4.90 Å². The van der Waals surface area contributed by atoms with Crippen LogP contribution in [0.2, 0.25) is 0 Å². The summed E-state index contributed by atoms with van der Waals surface area (Å²) < 4.78 is 11.5. The molecular formula is C16H26N2O2. The zero-order valence-corrected chi connectivity index (χ0v) is 12.9. The fourth-order valence-electron chi connectivity index (χ4n) is 2.73. The number of hydrogen-bond donors (Lipinski definition) is 1. The average Bonchev–Trinajstić information content (AvgIpc) is 2.45. The number of para-hydroxylation sites is 1. The molecule has 1 aliphatic heterocycles. The number of rotatable bonds is 5. The van der Waals surface area contributed by atoms with Crippen LogP contribution < -0.4 is 10.1 Å². The lowest BCUT2D eigenvalue weighted by Gasteiger charge is -2.40. The van der Waals surface area contributed by atoms with Gasteiger partial charge in [0.2, 0.25) is 0 Å². The molecule has 4 nitrogen and oxygen atoms in total. The predicted octanol–water partition coefficient (Wildman–Crippen LogP) is 2.06. The Hall–Kier alpha value is -1.10. The number of benzene rings is 1. The zero-order valence-electron chi connectivity index (χ0n) is 12.9. The summed E-state index contributed by atoms with van der Waals surface area (Å²) in [5, 5.41) is 3.48. The second kappa shape index (κ2) is 7.07. The van der Waals surface area contributed by atoms with Crippen molar-refractivity contribution >= 4 is 0 Å². The Bertz CT molecular complexity index is 423. The number of methoxy groups -OCH3 is 1. The molecule has 112 valence electrons. The van der Waals surface area contributed by atoms with Gasteiger partial charge in [0.25, 0.3) is 0 Å². The Labute approximate surface area is 122 Å². The summed E-state index contributed by atoms with van der Waals surface area (Å²) in [7, 11) is 3.88. The summed E-state index contributed by atoms with van der Waals surface area (Å²) in [5.74, 6) is 0.935. The maximum atomic E-state index is 6.01. The van der Waals surface area contributed by atoms with Gasteiger partial charge in [0.1, 0.15) is 5.75 Å². The molecule has 0 bridgehead atoms. The van der Waals surface area contributed by atoms with Crippen molar-refractivity contribution in [3.8, 4) is 5.75 Å². The molecule has 0 radical (unpaired) electrons. The smallest absolute Gasteiger partial charge is 0.123 e. The number of hydrogen-bond acceptors (Lipinski definition) is 4. The fraction of sp³-hybridized carbons (Fsp3) is 0.625. The minimum absolute atomic E-state index is 0.146. The maximum Gasteiger partial charge on any atom is 0.123 e. The molecule has 1 N–H and O–H groups in total. The lowest BCUT2D eigenvalue weighted by Crippen LogP contribution is -2.48. The van der Waals surface area contributed by atoms with Crippen LogP contribution in [0.4, 0.5) is 0 Å². The van der Waals surface area contributed by atoms with Gasteiger partial charge in [-0.1, -0.05) is 32.0 Å². The van der Waals surface area contributed by atoms with Crippen LogP contribution in [0, 0.1) is 0 Å². The van der Waals surface area contributed by atoms with E-state index in [1.807, 2.05) is 12.1 Å². The zero-order chi connectivity index (χ0) is 14.5. The van der Waals surface area contributed by atoms with Crippen molar-refractivity contribution in [2.24, 2.45) is 0 Å². The van der Waals surface area contributed by atoms with Crippen LogP contribution in [0.1, 0.15) is 25.5 Å². The Morgan fingerprint density at radius 1 is 1.40 bits per heavy atom. The van der Waals surface area contributed by atoms with Crippen LogP contribution in [0.25, 0.3) is 0 Å². The van der Waals surface area contributed by atoms with Gasteiger partial charge >= 0.3 is 0 Å².